The summed E-state index contributed by atoms with van der Waals surface area (Å²) >= 11 is 1.86. The lowest BCUT2D eigenvalue weighted by Gasteiger charge is -2.26. The second-order valence-electron chi connectivity index (χ2n) is 8.48. The number of thioether (sulfide) groups is 1. The smallest absolute Gasteiger partial charge is 0.268 e. The highest BCUT2D eigenvalue weighted by Gasteiger charge is 2.21. The maximum Gasteiger partial charge on any atom is 0.268 e. The summed E-state index contributed by atoms with van der Waals surface area (Å²) < 4.78 is 28.0. The quantitative estimate of drug-likeness (QED) is 0.290. The second kappa shape index (κ2) is 10.2. The summed E-state index contributed by atoms with van der Waals surface area (Å²) in [4.78, 5) is 2.80. The molecule has 0 bridgehead atoms. The van der Waals surface area contributed by atoms with Crippen LogP contribution in [0, 0.1) is 0 Å². The van der Waals surface area contributed by atoms with Crippen LogP contribution in [0.2, 0.25) is 0 Å². The molecule has 34 heavy (non-hydrogen) atoms. The number of fused-ring (bicyclic) bond motifs is 1. The number of aromatic nitrogens is 1. The fourth-order valence-electron chi connectivity index (χ4n) is 4.44. The number of nitrogens with zero attached hydrogens (tertiary/aromatic N) is 2. The van der Waals surface area contributed by atoms with E-state index >= 15 is 0 Å². The largest absolute Gasteiger partial charge is 0.299 e. The molecule has 1 aliphatic heterocycles. The van der Waals surface area contributed by atoms with Gasteiger partial charge in [0.1, 0.15) is 0 Å². The molecule has 0 aliphatic carbocycles. The molecule has 0 spiro atoms. The van der Waals surface area contributed by atoms with Crippen LogP contribution in [-0.2, 0) is 15.8 Å². The van der Waals surface area contributed by atoms with Gasteiger partial charge in [-0.25, -0.2) is 12.4 Å². The van der Waals surface area contributed by atoms with Gasteiger partial charge in [0.2, 0.25) is 0 Å². The Labute approximate surface area is 206 Å². The summed E-state index contributed by atoms with van der Waals surface area (Å²) in [5.74, 6) is 1.80. The zero-order chi connectivity index (χ0) is 23.4. The molecule has 2 heterocycles. The predicted molar refractivity (Wildman–Crippen MR) is 143 cm³/mol. The van der Waals surface area contributed by atoms with Crippen molar-refractivity contribution < 1.29 is 8.42 Å². The van der Waals surface area contributed by atoms with Gasteiger partial charge in [-0.15, -0.1) is 0 Å². The third-order valence-corrected chi connectivity index (χ3v) is 8.98. The Kier molecular flexibility index (Phi) is 6.90. The van der Waals surface area contributed by atoms with Gasteiger partial charge < -0.3 is 0 Å². The topological polar surface area (TPSA) is 42.3 Å². The van der Waals surface area contributed by atoms with E-state index in [0.29, 0.717) is 4.90 Å². The van der Waals surface area contributed by atoms with Gasteiger partial charge in [-0.2, -0.15) is 11.8 Å². The van der Waals surface area contributed by atoms with E-state index in [1.807, 2.05) is 42.1 Å². The Morgan fingerprint density at radius 1 is 0.853 bits per heavy atom. The van der Waals surface area contributed by atoms with Crippen molar-refractivity contribution in [3.63, 3.8) is 0 Å². The van der Waals surface area contributed by atoms with Gasteiger partial charge in [-0.05, 0) is 41.3 Å². The molecule has 0 saturated heterocycles. The molecule has 1 aliphatic rings. The van der Waals surface area contributed by atoms with Crippen LogP contribution in [-0.4, -0.2) is 42.7 Å². The summed E-state index contributed by atoms with van der Waals surface area (Å²) in [5, 5.41) is 1.00. The monoisotopic (exact) mass is 488 g/mol. The second-order valence-corrected chi connectivity index (χ2v) is 11.4. The number of para-hydroxylation sites is 1. The summed E-state index contributed by atoms with van der Waals surface area (Å²) in [7, 11) is -3.63. The summed E-state index contributed by atoms with van der Waals surface area (Å²) in [6, 6.07) is 27.0. The molecule has 0 amide bonds. The van der Waals surface area contributed by atoms with Crippen LogP contribution in [0.1, 0.15) is 17.5 Å². The summed E-state index contributed by atoms with van der Waals surface area (Å²) in [6.45, 7) is 3.10. The van der Waals surface area contributed by atoms with Gasteiger partial charge in [0.25, 0.3) is 10.0 Å². The first-order valence-electron chi connectivity index (χ1n) is 11.6. The Morgan fingerprint density at radius 2 is 1.56 bits per heavy atom. The van der Waals surface area contributed by atoms with Gasteiger partial charge >= 0.3 is 0 Å². The van der Waals surface area contributed by atoms with Crippen LogP contribution in [0.25, 0.3) is 16.5 Å². The molecule has 0 unspecified atom stereocenters. The lowest BCUT2D eigenvalue weighted by molar-refractivity contribution is 0.321. The van der Waals surface area contributed by atoms with Crippen molar-refractivity contribution in [1.82, 2.24) is 8.87 Å². The SMILES string of the molecule is O=S(=O)(c1ccccc1)n1cc(CSCCN2CC=C(c3ccccc3)CC2)c2ccccc21. The fourth-order valence-corrected chi connectivity index (χ4v) is 6.84. The van der Waals surface area contributed by atoms with Crippen LogP contribution < -0.4 is 0 Å². The van der Waals surface area contributed by atoms with Crippen molar-refractivity contribution in [3.8, 4) is 0 Å². The van der Waals surface area contributed by atoms with Crippen LogP contribution in [0.3, 0.4) is 0 Å². The molecule has 0 N–H and O–H groups in total. The lowest BCUT2D eigenvalue weighted by Crippen LogP contribution is -2.30. The summed E-state index contributed by atoms with van der Waals surface area (Å²) in [6.07, 6.45) is 5.24. The van der Waals surface area contributed by atoms with Crippen LogP contribution >= 0.6 is 11.8 Å². The molecule has 174 valence electrons. The van der Waals surface area contributed by atoms with Gasteiger partial charge in [-0.1, -0.05) is 72.8 Å². The van der Waals surface area contributed by atoms with E-state index in [1.54, 1.807) is 30.5 Å². The molecule has 0 atom stereocenters. The highest BCUT2D eigenvalue weighted by molar-refractivity contribution is 7.98. The maximum atomic E-state index is 13.3. The highest BCUT2D eigenvalue weighted by Crippen LogP contribution is 2.29. The van der Waals surface area contributed by atoms with Crippen molar-refractivity contribution in [1.29, 1.82) is 0 Å². The summed E-state index contributed by atoms with van der Waals surface area (Å²) in [5.41, 5.74) is 4.57. The first-order chi connectivity index (χ1) is 16.6. The molecule has 0 saturated carbocycles. The zero-order valence-electron chi connectivity index (χ0n) is 19.0. The first-order valence-corrected chi connectivity index (χ1v) is 14.2. The molecule has 1 aromatic heterocycles. The molecular formula is C28H28N2O2S2. The fraction of sp³-hybridized carbons (Fsp3) is 0.214. The molecule has 3 aromatic carbocycles. The molecule has 4 aromatic rings. The Balaban J connectivity index is 1.23. The number of hydrogen-bond acceptors (Lipinski definition) is 4. The number of hydrogen-bond donors (Lipinski definition) is 0. The van der Waals surface area contributed by atoms with Crippen LogP contribution in [0.5, 0.6) is 0 Å². The van der Waals surface area contributed by atoms with Gasteiger partial charge in [-0.3, -0.25) is 4.90 Å². The molecule has 4 nitrogen and oxygen atoms in total. The minimum absolute atomic E-state index is 0.308. The normalized spacial score (nSPS) is 14.9. The van der Waals surface area contributed by atoms with Crippen molar-refractivity contribution in [2.24, 2.45) is 0 Å². The first kappa shape index (κ1) is 23.0. The van der Waals surface area contributed by atoms with E-state index in [1.165, 1.54) is 15.1 Å². The van der Waals surface area contributed by atoms with Gasteiger partial charge in [0.05, 0.1) is 10.4 Å². The van der Waals surface area contributed by atoms with Crippen molar-refractivity contribution >= 4 is 38.3 Å². The van der Waals surface area contributed by atoms with E-state index in [2.05, 4.69) is 41.3 Å². The van der Waals surface area contributed by atoms with E-state index < -0.39 is 10.0 Å². The number of benzene rings is 3. The van der Waals surface area contributed by atoms with Gasteiger partial charge in [0.15, 0.2) is 0 Å². The Morgan fingerprint density at radius 3 is 2.29 bits per heavy atom. The van der Waals surface area contributed by atoms with Gasteiger partial charge in [0, 0.05) is 42.7 Å². The minimum Gasteiger partial charge on any atom is -0.299 e. The third kappa shape index (κ3) is 4.85. The standard InChI is InChI=1S/C28H28N2O2S2/c31-34(32,26-11-5-2-6-12-26)30-21-25(27-13-7-8-14-28(27)30)22-33-20-19-29-17-15-24(16-18-29)23-9-3-1-4-10-23/h1-15,21H,16-20,22H2. The molecule has 6 heteroatoms. The average molecular weight is 489 g/mol. The molecule has 0 fully saturated rings. The third-order valence-electron chi connectivity index (χ3n) is 6.31. The van der Waals surface area contributed by atoms with Crippen LogP contribution in [0.4, 0.5) is 0 Å². The van der Waals surface area contributed by atoms with E-state index in [0.717, 1.165) is 54.0 Å². The van der Waals surface area contributed by atoms with E-state index in [-0.39, 0.29) is 0 Å². The van der Waals surface area contributed by atoms with E-state index in [4.69, 9.17) is 0 Å². The zero-order valence-corrected chi connectivity index (χ0v) is 20.6. The van der Waals surface area contributed by atoms with Crippen molar-refractivity contribution in [2.45, 2.75) is 17.1 Å². The minimum atomic E-state index is -3.63. The highest BCUT2D eigenvalue weighted by atomic mass is 32.2. The molecule has 0 radical (unpaired) electrons. The molecule has 5 rings (SSSR count). The van der Waals surface area contributed by atoms with Crippen LogP contribution in [0.15, 0.2) is 102 Å². The average Bonchev–Trinajstić information content (AvgIpc) is 3.27. The predicted octanol–water partition coefficient (Wildman–Crippen LogP) is 5.90. The lowest BCUT2D eigenvalue weighted by atomic mass is 10.00. The number of rotatable bonds is 8. The Bertz CT molecular complexity index is 1390. The maximum absolute atomic E-state index is 13.3. The van der Waals surface area contributed by atoms with Crippen molar-refractivity contribution in [2.75, 3.05) is 25.4 Å². The van der Waals surface area contributed by atoms with E-state index in [9.17, 15) is 8.42 Å². The molecular weight excluding hydrogens is 460 g/mol. The van der Waals surface area contributed by atoms with Crippen molar-refractivity contribution in [3.05, 3.63) is 108 Å². The Hall–Kier alpha value is -2.80.